The van der Waals surface area contributed by atoms with Gasteiger partial charge in [0.15, 0.2) is 6.10 Å². The molecule has 398 valence electrons. The lowest BCUT2D eigenvalue weighted by Crippen LogP contribution is -2.28. The van der Waals surface area contributed by atoms with Gasteiger partial charge in [0.05, 0.1) is 6.61 Å². The van der Waals surface area contributed by atoms with E-state index in [2.05, 4.69) is 62.5 Å². The van der Waals surface area contributed by atoms with Crippen LogP contribution in [0.1, 0.15) is 322 Å². The van der Waals surface area contributed by atoms with Gasteiger partial charge in [-0.25, -0.2) is 0 Å². The van der Waals surface area contributed by atoms with Crippen LogP contribution in [0.3, 0.4) is 0 Å². The highest BCUT2D eigenvalue weighted by atomic mass is 16.6. The molecule has 0 aliphatic rings. The zero-order valence-electron chi connectivity index (χ0n) is 45.6. The van der Waals surface area contributed by atoms with Crippen LogP contribution in [0.15, 0.2) is 48.6 Å². The van der Waals surface area contributed by atoms with Crippen LogP contribution < -0.4 is 0 Å². The number of aliphatic hydroxyl groups is 1. The van der Waals surface area contributed by atoms with Gasteiger partial charge in [0, 0.05) is 12.8 Å². The number of hydrogen-bond donors (Lipinski definition) is 1. The van der Waals surface area contributed by atoms with Crippen LogP contribution in [0.2, 0.25) is 0 Å². The number of hydrogen-bond acceptors (Lipinski definition) is 5. The van der Waals surface area contributed by atoms with Crippen molar-refractivity contribution in [3.63, 3.8) is 0 Å². The molecule has 0 heterocycles. The predicted octanol–water partition coefficient (Wildman–Crippen LogP) is 20.4. The zero-order valence-corrected chi connectivity index (χ0v) is 45.6. The summed E-state index contributed by atoms with van der Waals surface area (Å²) in [5.41, 5.74) is 0. The summed E-state index contributed by atoms with van der Waals surface area (Å²) in [5.74, 6) is -0.578. The fourth-order valence-corrected chi connectivity index (χ4v) is 9.03. The number of carbonyl (C=O) groups excluding carboxylic acids is 2. The SMILES string of the molecule is CCCCCCC/C=C\C/C=C\C/C=C\CCCCCCCCCCCCCCC(=O)OC(CO)COC(=O)CCCCCCCCCCCCCCCCC/C=C\CCCCCCCCCC. The van der Waals surface area contributed by atoms with Crippen LogP contribution in [0.4, 0.5) is 0 Å². The van der Waals surface area contributed by atoms with Gasteiger partial charge in [0.2, 0.25) is 0 Å². The maximum atomic E-state index is 12.3. The topological polar surface area (TPSA) is 72.8 Å². The average Bonchev–Trinajstić information content (AvgIpc) is 3.34. The molecule has 0 aromatic rings. The van der Waals surface area contributed by atoms with E-state index in [1.165, 1.54) is 244 Å². The molecule has 5 nitrogen and oxygen atoms in total. The van der Waals surface area contributed by atoms with Gasteiger partial charge in [-0.1, -0.05) is 281 Å². The first-order chi connectivity index (χ1) is 33.6. The summed E-state index contributed by atoms with van der Waals surface area (Å²) in [4.78, 5) is 24.6. The standard InChI is InChI=1S/C63H116O5/c1-3-5-7-9-11-13-15-17-19-21-23-25-27-29-31-33-35-37-39-41-43-45-47-49-51-53-55-57-62(65)67-60-61(59-64)68-63(66)58-56-54-52-50-48-46-44-42-40-38-36-34-32-30-28-26-24-22-20-18-16-14-12-10-8-6-4-2/h16,18,21-24,28,30,61,64H,3-15,17,19-20,25-27,29,31-60H2,1-2H3/b18-16-,23-21-,24-22-,30-28-. The Balaban J connectivity index is 3.45. The van der Waals surface area contributed by atoms with Crippen molar-refractivity contribution >= 4 is 11.9 Å². The molecule has 0 aliphatic heterocycles. The van der Waals surface area contributed by atoms with Crippen molar-refractivity contribution in [1.82, 2.24) is 0 Å². The first-order valence-corrected chi connectivity index (χ1v) is 30.2. The van der Waals surface area contributed by atoms with Gasteiger partial charge in [-0.05, 0) is 77.0 Å². The monoisotopic (exact) mass is 953 g/mol. The van der Waals surface area contributed by atoms with E-state index in [4.69, 9.17) is 9.47 Å². The number of esters is 2. The minimum atomic E-state index is -0.773. The molecule has 0 amide bonds. The van der Waals surface area contributed by atoms with Crippen LogP contribution in [0.5, 0.6) is 0 Å². The Morgan fingerprint density at radius 2 is 0.588 bits per heavy atom. The number of rotatable bonds is 56. The van der Waals surface area contributed by atoms with Gasteiger partial charge in [-0.2, -0.15) is 0 Å². The molecule has 0 rings (SSSR count). The fourth-order valence-electron chi connectivity index (χ4n) is 9.03. The lowest BCUT2D eigenvalue weighted by Gasteiger charge is -2.15. The average molecular weight is 954 g/mol. The minimum Gasteiger partial charge on any atom is -0.462 e. The largest absolute Gasteiger partial charge is 0.462 e. The summed E-state index contributed by atoms with van der Waals surface area (Å²) in [6.07, 6.45) is 78.1. The highest BCUT2D eigenvalue weighted by Gasteiger charge is 2.16. The summed E-state index contributed by atoms with van der Waals surface area (Å²) in [6, 6.07) is 0. The van der Waals surface area contributed by atoms with Crippen molar-refractivity contribution in [1.29, 1.82) is 0 Å². The maximum absolute atomic E-state index is 12.3. The molecular formula is C63H116O5. The van der Waals surface area contributed by atoms with E-state index in [0.717, 1.165) is 51.4 Å². The van der Waals surface area contributed by atoms with Crippen LogP contribution in [0, 0.1) is 0 Å². The van der Waals surface area contributed by atoms with Crippen molar-refractivity contribution in [2.24, 2.45) is 0 Å². The molecule has 0 saturated carbocycles. The Kier molecular flexibility index (Phi) is 57.3. The molecule has 1 unspecified atom stereocenters. The minimum absolute atomic E-state index is 0.0638. The third-order valence-electron chi connectivity index (χ3n) is 13.6. The van der Waals surface area contributed by atoms with Crippen LogP contribution >= 0.6 is 0 Å². The second kappa shape index (κ2) is 59.2. The highest BCUT2D eigenvalue weighted by molar-refractivity contribution is 5.70. The van der Waals surface area contributed by atoms with Crippen LogP contribution in [-0.2, 0) is 19.1 Å². The molecule has 0 aromatic heterocycles. The summed E-state index contributed by atoms with van der Waals surface area (Å²) >= 11 is 0. The Labute approximate surface area is 424 Å². The summed E-state index contributed by atoms with van der Waals surface area (Å²) in [7, 11) is 0. The van der Waals surface area contributed by atoms with E-state index in [1.54, 1.807) is 0 Å². The molecule has 68 heavy (non-hydrogen) atoms. The molecule has 0 aliphatic carbocycles. The van der Waals surface area contributed by atoms with Gasteiger partial charge in [0.25, 0.3) is 0 Å². The molecule has 1 N–H and O–H groups in total. The Bertz CT molecular complexity index is 1120. The van der Waals surface area contributed by atoms with E-state index in [1.807, 2.05) is 0 Å². The van der Waals surface area contributed by atoms with Gasteiger partial charge < -0.3 is 14.6 Å². The molecule has 0 bridgehead atoms. The first kappa shape index (κ1) is 65.9. The number of allylic oxidation sites excluding steroid dienone is 8. The van der Waals surface area contributed by atoms with Crippen LogP contribution in [0.25, 0.3) is 0 Å². The van der Waals surface area contributed by atoms with Crippen molar-refractivity contribution in [3.05, 3.63) is 48.6 Å². The van der Waals surface area contributed by atoms with Gasteiger partial charge in [0.1, 0.15) is 6.61 Å². The molecule has 0 radical (unpaired) electrons. The molecule has 0 saturated heterocycles. The molecule has 0 aromatic carbocycles. The summed E-state index contributed by atoms with van der Waals surface area (Å²) in [5, 5.41) is 9.67. The van der Waals surface area contributed by atoms with E-state index < -0.39 is 6.10 Å². The van der Waals surface area contributed by atoms with Crippen molar-refractivity contribution < 1.29 is 24.2 Å². The molecule has 0 fully saturated rings. The molecule has 1 atom stereocenters. The molecule has 0 spiro atoms. The number of carbonyl (C=O) groups is 2. The lowest BCUT2D eigenvalue weighted by atomic mass is 10.0. The van der Waals surface area contributed by atoms with Crippen molar-refractivity contribution in [2.45, 2.75) is 328 Å². The summed E-state index contributed by atoms with van der Waals surface area (Å²) < 4.78 is 10.7. The van der Waals surface area contributed by atoms with Crippen LogP contribution in [-0.4, -0.2) is 36.4 Å². The number of unbranched alkanes of at least 4 members (excludes halogenated alkanes) is 40. The second-order valence-corrected chi connectivity index (χ2v) is 20.4. The lowest BCUT2D eigenvalue weighted by molar-refractivity contribution is -0.161. The number of ether oxygens (including phenoxy) is 2. The quantitative estimate of drug-likeness (QED) is 0.0374. The Hall–Kier alpha value is -2.14. The molecular weight excluding hydrogens is 837 g/mol. The Morgan fingerprint density at radius 1 is 0.338 bits per heavy atom. The first-order valence-electron chi connectivity index (χ1n) is 30.2. The molecule has 5 heteroatoms. The second-order valence-electron chi connectivity index (χ2n) is 20.4. The van der Waals surface area contributed by atoms with E-state index in [-0.39, 0.29) is 25.2 Å². The third kappa shape index (κ3) is 56.4. The van der Waals surface area contributed by atoms with E-state index in [0.29, 0.717) is 12.8 Å². The highest BCUT2D eigenvalue weighted by Crippen LogP contribution is 2.17. The maximum Gasteiger partial charge on any atom is 0.306 e. The van der Waals surface area contributed by atoms with Crippen molar-refractivity contribution in [3.8, 4) is 0 Å². The third-order valence-corrected chi connectivity index (χ3v) is 13.6. The van der Waals surface area contributed by atoms with Gasteiger partial charge in [-0.15, -0.1) is 0 Å². The van der Waals surface area contributed by atoms with Gasteiger partial charge >= 0.3 is 11.9 Å². The van der Waals surface area contributed by atoms with E-state index in [9.17, 15) is 14.7 Å². The zero-order chi connectivity index (χ0) is 49.2. The van der Waals surface area contributed by atoms with Gasteiger partial charge in [-0.3, -0.25) is 9.59 Å². The van der Waals surface area contributed by atoms with Crippen molar-refractivity contribution in [2.75, 3.05) is 13.2 Å². The predicted molar refractivity (Wildman–Crippen MR) is 297 cm³/mol. The van der Waals surface area contributed by atoms with E-state index >= 15 is 0 Å². The normalized spacial score (nSPS) is 12.5. The Morgan fingerprint density at radius 3 is 0.897 bits per heavy atom. The smallest absolute Gasteiger partial charge is 0.306 e. The summed E-state index contributed by atoms with van der Waals surface area (Å²) in [6.45, 7) is 4.17. The fraction of sp³-hybridized carbons (Fsp3) is 0.841. The number of aliphatic hydroxyl groups excluding tert-OH is 1.